The van der Waals surface area contributed by atoms with E-state index < -0.39 is 0 Å². The van der Waals surface area contributed by atoms with Gasteiger partial charge in [0.25, 0.3) is 0 Å². The van der Waals surface area contributed by atoms with Gasteiger partial charge in [0.1, 0.15) is 11.6 Å². The SMILES string of the molecule is CC(C)[C@@H]1CSC[C@@H]2C1=CC[C@@H]1C(=O)CC(=O)[C@@H]12. The normalized spacial score (nSPS) is 39.6. The van der Waals surface area contributed by atoms with E-state index in [1.54, 1.807) is 0 Å². The van der Waals surface area contributed by atoms with Crippen molar-refractivity contribution >= 4 is 23.3 Å². The second kappa shape index (κ2) is 4.52. The third-order valence-electron chi connectivity index (χ3n) is 4.86. The van der Waals surface area contributed by atoms with Crippen molar-refractivity contribution in [1.82, 2.24) is 0 Å². The van der Waals surface area contributed by atoms with E-state index in [-0.39, 0.29) is 29.8 Å². The highest BCUT2D eigenvalue weighted by Gasteiger charge is 2.50. The van der Waals surface area contributed by atoms with E-state index in [4.69, 9.17) is 0 Å². The smallest absolute Gasteiger partial charge is 0.144 e. The predicted octanol–water partition coefficient (Wildman–Crippen LogP) is 2.73. The fraction of sp³-hybridized carbons (Fsp3) is 0.733. The van der Waals surface area contributed by atoms with Gasteiger partial charge in [-0.3, -0.25) is 9.59 Å². The molecule has 0 spiro atoms. The summed E-state index contributed by atoms with van der Waals surface area (Å²) in [6.45, 7) is 4.53. The number of thioether (sulfide) groups is 1. The fourth-order valence-corrected chi connectivity index (χ4v) is 5.49. The number of carbonyl (C=O) groups is 2. The van der Waals surface area contributed by atoms with Crippen LogP contribution in [0.15, 0.2) is 11.6 Å². The number of allylic oxidation sites excluding steroid dienone is 2. The molecule has 3 heteroatoms. The van der Waals surface area contributed by atoms with Crippen LogP contribution in [0.3, 0.4) is 0 Å². The molecule has 0 aromatic rings. The van der Waals surface area contributed by atoms with Crippen molar-refractivity contribution in [3.05, 3.63) is 11.6 Å². The molecule has 3 aliphatic rings. The number of hydrogen-bond acceptors (Lipinski definition) is 3. The zero-order chi connectivity index (χ0) is 12.9. The minimum atomic E-state index is 0.0118. The van der Waals surface area contributed by atoms with Crippen LogP contribution in [0.1, 0.15) is 26.7 Å². The monoisotopic (exact) mass is 264 g/mol. The van der Waals surface area contributed by atoms with Gasteiger partial charge in [-0.15, -0.1) is 0 Å². The molecule has 0 N–H and O–H groups in total. The summed E-state index contributed by atoms with van der Waals surface area (Å²) in [7, 11) is 0. The van der Waals surface area contributed by atoms with E-state index in [2.05, 4.69) is 19.9 Å². The molecule has 0 amide bonds. The van der Waals surface area contributed by atoms with Crippen molar-refractivity contribution in [2.45, 2.75) is 26.7 Å². The summed E-state index contributed by atoms with van der Waals surface area (Å²) < 4.78 is 0. The Morgan fingerprint density at radius 3 is 2.67 bits per heavy atom. The maximum absolute atomic E-state index is 12.1. The molecule has 18 heavy (non-hydrogen) atoms. The lowest BCUT2D eigenvalue weighted by molar-refractivity contribution is -0.123. The van der Waals surface area contributed by atoms with Gasteiger partial charge in [-0.2, -0.15) is 11.8 Å². The van der Waals surface area contributed by atoms with E-state index in [0.29, 0.717) is 17.8 Å². The number of hydrogen-bond donors (Lipinski definition) is 0. The molecule has 1 saturated carbocycles. The number of ketones is 2. The molecule has 2 aliphatic carbocycles. The third-order valence-corrected chi connectivity index (χ3v) is 6.05. The second-order valence-corrected chi connectivity index (χ2v) is 7.25. The molecular formula is C15H20O2S. The zero-order valence-corrected chi connectivity index (χ0v) is 11.8. The Hall–Kier alpha value is -0.570. The van der Waals surface area contributed by atoms with Crippen LogP contribution in [0.4, 0.5) is 0 Å². The van der Waals surface area contributed by atoms with Crippen LogP contribution >= 0.6 is 11.8 Å². The maximum atomic E-state index is 12.1. The van der Waals surface area contributed by atoms with Gasteiger partial charge >= 0.3 is 0 Å². The molecule has 98 valence electrons. The largest absolute Gasteiger partial charge is 0.299 e. The molecule has 0 unspecified atom stereocenters. The summed E-state index contributed by atoms with van der Waals surface area (Å²) >= 11 is 1.96. The van der Waals surface area contributed by atoms with Crippen LogP contribution in [0.2, 0.25) is 0 Å². The molecule has 1 aliphatic heterocycles. The average Bonchev–Trinajstić information content (AvgIpc) is 2.64. The summed E-state index contributed by atoms with van der Waals surface area (Å²) in [6, 6.07) is 0. The Morgan fingerprint density at radius 1 is 1.17 bits per heavy atom. The summed E-state index contributed by atoms with van der Waals surface area (Å²) in [4.78, 5) is 23.9. The van der Waals surface area contributed by atoms with E-state index in [0.717, 1.165) is 12.2 Å². The lowest BCUT2D eigenvalue weighted by Gasteiger charge is -2.41. The standard InChI is InChI=1S/C15H20O2S/c1-8(2)11-6-18-7-12-9(11)3-4-10-13(16)5-14(17)15(10)12/h3,8,10-12,15H,4-7H2,1-2H3/t10-,11+,12-,15+/m1/s1. The maximum Gasteiger partial charge on any atom is 0.144 e. The number of carbonyl (C=O) groups excluding carboxylic acids is 2. The van der Waals surface area contributed by atoms with Crippen LogP contribution in [0, 0.1) is 29.6 Å². The first-order valence-electron chi connectivity index (χ1n) is 6.92. The van der Waals surface area contributed by atoms with E-state index >= 15 is 0 Å². The molecule has 1 heterocycles. The highest BCUT2D eigenvalue weighted by atomic mass is 32.2. The highest BCUT2D eigenvalue weighted by Crippen LogP contribution is 2.49. The average molecular weight is 264 g/mol. The van der Waals surface area contributed by atoms with Gasteiger partial charge < -0.3 is 0 Å². The first-order chi connectivity index (χ1) is 8.59. The van der Waals surface area contributed by atoms with Gasteiger partial charge in [0.05, 0.1) is 6.42 Å². The number of fused-ring (bicyclic) bond motifs is 3. The van der Waals surface area contributed by atoms with Crippen LogP contribution in [0.5, 0.6) is 0 Å². The predicted molar refractivity (Wildman–Crippen MR) is 73.5 cm³/mol. The van der Waals surface area contributed by atoms with Crippen molar-refractivity contribution < 1.29 is 9.59 Å². The number of Topliss-reactive ketones (excluding diaryl/α,β-unsaturated/α-hetero) is 2. The van der Waals surface area contributed by atoms with E-state index in [1.807, 2.05) is 11.8 Å². The molecular weight excluding hydrogens is 244 g/mol. The van der Waals surface area contributed by atoms with Crippen molar-refractivity contribution in [2.24, 2.45) is 29.6 Å². The minimum Gasteiger partial charge on any atom is -0.299 e. The van der Waals surface area contributed by atoms with E-state index in [9.17, 15) is 9.59 Å². The first-order valence-corrected chi connectivity index (χ1v) is 8.08. The van der Waals surface area contributed by atoms with Gasteiger partial charge in [0, 0.05) is 23.3 Å². The molecule has 0 bridgehead atoms. The van der Waals surface area contributed by atoms with Crippen LogP contribution in [0.25, 0.3) is 0 Å². The quantitative estimate of drug-likeness (QED) is 0.539. The molecule has 0 aromatic carbocycles. The summed E-state index contributed by atoms with van der Waals surface area (Å²) in [5, 5.41) is 0. The summed E-state index contributed by atoms with van der Waals surface area (Å²) in [6.07, 6.45) is 3.31. The third kappa shape index (κ3) is 1.78. The fourth-order valence-electron chi connectivity index (χ4n) is 3.87. The van der Waals surface area contributed by atoms with E-state index in [1.165, 1.54) is 11.3 Å². The van der Waals surface area contributed by atoms with Crippen LogP contribution in [-0.2, 0) is 9.59 Å². The Kier molecular flexibility index (Phi) is 3.13. The molecule has 0 radical (unpaired) electrons. The zero-order valence-electron chi connectivity index (χ0n) is 11.0. The molecule has 1 saturated heterocycles. The van der Waals surface area contributed by atoms with Gasteiger partial charge in [-0.05, 0) is 24.2 Å². The molecule has 0 aromatic heterocycles. The second-order valence-electron chi connectivity index (χ2n) is 6.18. The summed E-state index contributed by atoms with van der Waals surface area (Å²) in [5.74, 6) is 4.25. The van der Waals surface area contributed by atoms with Crippen molar-refractivity contribution in [2.75, 3.05) is 11.5 Å². The Labute approximate surface area is 113 Å². The molecule has 4 atom stereocenters. The van der Waals surface area contributed by atoms with Crippen molar-refractivity contribution in [3.8, 4) is 0 Å². The Bertz CT molecular complexity index is 424. The van der Waals surface area contributed by atoms with Crippen LogP contribution < -0.4 is 0 Å². The topological polar surface area (TPSA) is 34.1 Å². The lowest BCUT2D eigenvalue weighted by Crippen LogP contribution is -2.38. The lowest BCUT2D eigenvalue weighted by atomic mass is 9.68. The van der Waals surface area contributed by atoms with Crippen molar-refractivity contribution in [1.29, 1.82) is 0 Å². The summed E-state index contributed by atoms with van der Waals surface area (Å²) in [5.41, 5.74) is 1.49. The molecule has 2 fully saturated rings. The van der Waals surface area contributed by atoms with Gasteiger partial charge in [-0.25, -0.2) is 0 Å². The Morgan fingerprint density at radius 2 is 1.94 bits per heavy atom. The highest BCUT2D eigenvalue weighted by molar-refractivity contribution is 7.99. The minimum absolute atomic E-state index is 0.0118. The number of rotatable bonds is 1. The van der Waals surface area contributed by atoms with Gasteiger partial charge in [-0.1, -0.05) is 25.5 Å². The Balaban J connectivity index is 1.94. The van der Waals surface area contributed by atoms with Crippen LogP contribution in [-0.4, -0.2) is 23.1 Å². The first kappa shape index (κ1) is 12.5. The molecule has 2 nitrogen and oxygen atoms in total. The van der Waals surface area contributed by atoms with Crippen molar-refractivity contribution in [3.63, 3.8) is 0 Å². The van der Waals surface area contributed by atoms with Gasteiger partial charge in [0.2, 0.25) is 0 Å². The molecule has 3 rings (SSSR count). The van der Waals surface area contributed by atoms with Gasteiger partial charge in [0.15, 0.2) is 0 Å².